The minimum absolute atomic E-state index is 0.167. The molecule has 4 nitrogen and oxygen atoms in total. The predicted octanol–water partition coefficient (Wildman–Crippen LogP) is 3.88. The average Bonchev–Trinajstić information content (AvgIpc) is 2.33. The van der Waals surface area contributed by atoms with Crippen molar-refractivity contribution in [1.29, 1.82) is 0 Å². The number of anilines is 1. The first-order valence-corrected chi connectivity index (χ1v) is 9.05. The fraction of sp³-hybridized carbons (Fsp3) is 0.455. The maximum atomic E-state index is 12.8. The van der Waals surface area contributed by atoms with Gasteiger partial charge in [0.2, 0.25) is 5.82 Å². The summed E-state index contributed by atoms with van der Waals surface area (Å²) < 4.78 is 12.8. The van der Waals surface area contributed by atoms with Crippen LogP contribution in [0.5, 0.6) is 0 Å². The van der Waals surface area contributed by atoms with Crippen LogP contribution in [0.1, 0.15) is 19.4 Å². The quantitative estimate of drug-likeness (QED) is 0.397. The summed E-state index contributed by atoms with van der Waals surface area (Å²) in [6.45, 7) is 5.73. The molecule has 0 radical (unpaired) electrons. The van der Waals surface area contributed by atoms with Crippen molar-refractivity contribution in [2.45, 2.75) is 31.3 Å². The summed E-state index contributed by atoms with van der Waals surface area (Å²) in [4.78, 5) is 9.53. The lowest BCUT2D eigenvalue weighted by Gasteiger charge is -2.00. The van der Waals surface area contributed by atoms with E-state index < -0.39 is 29.7 Å². The SMILES string of the molecule is C[CH2][Al]([Cl])[CH2]C.Cc1c(N)ccc(F)c1[N+](=O)[O-]. The van der Waals surface area contributed by atoms with E-state index in [9.17, 15) is 14.5 Å². The summed E-state index contributed by atoms with van der Waals surface area (Å²) in [5.74, 6) is -0.855. The summed E-state index contributed by atoms with van der Waals surface area (Å²) in [5, 5.41) is 12.8. The van der Waals surface area contributed by atoms with Crippen molar-refractivity contribution >= 4 is 34.7 Å². The molecule has 2 N–H and O–H groups in total. The van der Waals surface area contributed by atoms with E-state index in [2.05, 4.69) is 13.8 Å². The third-order valence-electron chi connectivity index (χ3n) is 2.49. The molecule has 0 aliphatic heterocycles. The van der Waals surface area contributed by atoms with Gasteiger partial charge in [0.15, 0.2) is 0 Å². The minimum atomic E-state index is -0.855. The van der Waals surface area contributed by atoms with Crippen LogP contribution in [0.15, 0.2) is 12.1 Å². The fourth-order valence-electron chi connectivity index (χ4n) is 1.20. The van der Waals surface area contributed by atoms with E-state index in [0.717, 1.165) is 6.07 Å². The highest BCUT2D eigenvalue weighted by molar-refractivity contribution is 7.06. The van der Waals surface area contributed by atoms with E-state index in [-0.39, 0.29) is 11.3 Å². The number of nitrogens with two attached hydrogens (primary N) is 1. The van der Waals surface area contributed by atoms with Gasteiger partial charge in [0.1, 0.15) is 0 Å². The molecule has 0 saturated heterocycles. The Hall–Kier alpha value is -0.828. The number of nitro groups is 1. The molecule has 0 fully saturated rings. The molecule has 1 aromatic carbocycles. The van der Waals surface area contributed by atoms with Gasteiger partial charge in [-0.3, -0.25) is 20.2 Å². The molecule has 0 aromatic heterocycles. The maximum absolute atomic E-state index is 12.8. The zero-order chi connectivity index (χ0) is 14.3. The van der Waals surface area contributed by atoms with Crippen LogP contribution in [-0.4, -0.2) is 18.2 Å². The lowest BCUT2D eigenvalue weighted by Crippen LogP contribution is -1.99. The molecule has 1 aromatic rings. The molecule has 0 aliphatic carbocycles. The molecule has 0 atom stereocenters. The second kappa shape index (κ2) is 8.31. The molecule has 0 bridgehead atoms. The molecular weight excluding hydrogens is 274 g/mol. The van der Waals surface area contributed by atoms with Gasteiger partial charge < -0.3 is 5.73 Å². The molecule has 18 heavy (non-hydrogen) atoms. The van der Waals surface area contributed by atoms with Crippen molar-refractivity contribution in [3.05, 3.63) is 33.6 Å². The van der Waals surface area contributed by atoms with E-state index in [0.29, 0.717) is 0 Å². The van der Waals surface area contributed by atoms with Crippen molar-refractivity contribution in [1.82, 2.24) is 0 Å². The lowest BCUT2D eigenvalue weighted by atomic mass is 10.1. The zero-order valence-corrected chi connectivity index (χ0v) is 12.7. The van der Waals surface area contributed by atoms with Gasteiger partial charge in [-0.05, 0) is 19.1 Å². The van der Waals surface area contributed by atoms with E-state index in [1.54, 1.807) is 0 Å². The third kappa shape index (κ3) is 5.22. The summed E-state index contributed by atoms with van der Waals surface area (Å²) in [7, 11) is 5.79. The highest BCUT2D eigenvalue weighted by atomic mass is 35.6. The summed E-state index contributed by atoms with van der Waals surface area (Å²) in [6.07, 6.45) is 0. The van der Waals surface area contributed by atoms with Gasteiger partial charge in [-0.2, -0.15) is 4.39 Å². The van der Waals surface area contributed by atoms with Crippen molar-refractivity contribution in [2.24, 2.45) is 0 Å². The summed E-state index contributed by atoms with van der Waals surface area (Å²) in [6, 6.07) is 2.29. The number of hydrogen-bond donors (Lipinski definition) is 1. The normalized spacial score (nSPS) is 9.39. The summed E-state index contributed by atoms with van der Waals surface area (Å²) >= 11 is -0.688. The molecule has 0 unspecified atom stereocenters. The Kier molecular flexibility index (Phi) is 7.92. The molecule has 0 saturated carbocycles. The number of nitrogen functional groups attached to an aromatic ring is 1. The first kappa shape index (κ1) is 17.2. The van der Waals surface area contributed by atoms with Crippen LogP contribution >= 0.6 is 10.0 Å². The second-order valence-corrected chi connectivity index (χ2v) is 8.46. The molecule has 100 valence electrons. The Bertz CT molecular complexity index is 414. The van der Waals surface area contributed by atoms with E-state index in [1.165, 1.54) is 23.6 Å². The smallest absolute Gasteiger partial charge is 0.398 e. The van der Waals surface area contributed by atoms with Gasteiger partial charge in [-0.15, -0.1) is 0 Å². The largest absolute Gasteiger partial charge is 0.399 e. The Morgan fingerprint density at radius 3 is 2.22 bits per heavy atom. The van der Waals surface area contributed by atoms with Crippen molar-refractivity contribution < 1.29 is 9.31 Å². The van der Waals surface area contributed by atoms with Crippen molar-refractivity contribution in [3.63, 3.8) is 0 Å². The molecule has 7 heteroatoms. The Morgan fingerprint density at radius 2 is 1.94 bits per heavy atom. The molecule has 1 rings (SSSR count). The first-order chi connectivity index (χ1) is 8.34. The van der Waals surface area contributed by atoms with Gasteiger partial charge >= 0.3 is 18.9 Å². The minimum Gasteiger partial charge on any atom is -0.398 e. The van der Waals surface area contributed by atoms with Crippen molar-refractivity contribution in [2.75, 3.05) is 5.73 Å². The molecule has 0 aliphatic rings. The number of hydrogen-bond acceptors (Lipinski definition) is 3. The number of halogens is 2. The first-order valence-electron chi connectivity index (χ1n) is 5.68. The lowest BCUT2D eigenvalue weighted by molar-refractivity contribution is -0.388. The average molecular weight is 291 g/mol. The van der Waals surface area contributed by atoms with Crippen LogP contribution in [-0.2, 0) is 0 Å². The second-order valence-electron chi connectivity index (χ2n) is 3.78. The maximum Gasteiger partial charge on any atom is 0.399 e. The standard InChI is InChI=1S/C7H7FN2O2.2C2H5.Al.ClH/c1-4-6(9)3-2-5(8)7(4)10(11)12;2*1-2;;/h2-3H,9H2,1H3;2*1H2,2H3;;1H/q;;;+1;/p-1. The summed E-state index contributed by atoms with van der Waals surface area (Å²) in [5.41, 5.74) is 5.20. The van der Waals surface area contributed by atoms with E-state index >= 15 is 0 Å². The third-order valence-corrected chi connectivity index (χ3v) is 6.12. The van der Waals surface area contributed by atoms with Gasteiger partial charge in [0.25, 0.3) is 0 Å². The predicted molar refractivity (Wildman–Crippen MR) is 74.8 cm³/mol. The highest BCUT2D eigenvalue weighted by Crippen LogP contribution is 2.26. The van der Waals surface area contributed by atoms with Gasteiger partial charge in [-0.25, -0.2) is 0 Å². The van der Waals surface area contributed by atoms with Crippen LogP contribution in [0.2, 0.25) is 10.6 Å². The van der Waals surface area contributed by atoms with Gasteiger partial charge in [0.05, 0.1) is 10.5 Å². The number of nitro benzene ring substituents is 1. The molecule has 0 amide bonds. The number of nitrogens with zero attached hydrogens (tertiary/aromatic N) is 1. The van der Waals surface area contributed by atoms with Crippen LogP contribution in [0.4, 0.5) is 15.8 Å². The van der Waals surface area contributed by atoms with E-state index in [4.69, 9.17) is 15.8 Å². The van der Waals surface area contributed by atoms with Gasteiger partial charge in [-0.1, -0.05) is 24.4 Å². The van der Waals surface area contributed by atoms with Crippen molar-refractivity contribution in [3.8, 4) is 0 Å². The van der Waals surface area contributed by atoms with Crippen LogP contribution < -0.4 is 5.73 Å². The topological polar surface area (TPSA) is 69.2 Å². The Morgan fingerprint density at radius 1 is 1.44 bits per heavy atom. The van der Waals surface area contributed by atoms with Crippen LogP contribution in [0.25, 0.3) is 0 Å². The molecular formula is C11H17AlClFN2O2. The molecule has 0 heterocycles. The Labute approximate surface area is 115 Å². The molecule has 0 spiro atoms. The van der Waals surface area contributed by atoms with E-state index in [1.807, 2.05) is 0 Å². The zero-order valence-electron chi connectivity index (χ0n) is 10.7. The van der Waals surface area contributed by atoms with Crippen LogP contribution in [0, 0.1) is 22.9 Å². The number of rotatable bonds is 3. The monoisotopic (exact) mass is 290 g/mol. The van der Waals surface area contributed by atoms with Crippen LogP contribution in [0.3, 0.4) is 0 Å². The van der Waals surface area contributed by atoms with Gasteiger partial charge in [0, 0.05) is 5.69 Å². The number of benzene rings is 1. The Balaban J connectivity index is 0.000000411. The fourth-order valence-corrected chi connectivity index (χ4v) is 1.77. The highest BCUT2D eigenvalue weighted by Gasteiger charge is 2.18.